The average Bonchev–Trinajstić information content (AvgIpc) is 3.50. The number of hydrogen-bond donors (Lipinski definition) is 0. The second kappa shape index (κ2) is 7.09. The topological polar surface area (TPSA) is 77.1 Å². The van der Waals surface area contributed by atoms with Crippen LogP contribution in [0.25, 0.3) is 22.5 Å². The molecule has 0 saturated carbocycles. The Morgan fingerprint density at radius 1 is 1.17 bits per heavy atom. The van der Waals surface area contributed by atoms with Crippen molar-refractivity contribution in [3.05, 3.63) is 65.3 Å². The number of pyridine rings is 1. The van der Waals surface area contributed by atoms with Crippen LogP contribution in [0.3, 0.4) is 0 Å². The van der Waals surface area contributed by atoms with Gasteiger partial charge in [-0.1, -0.05) is 6.07 Å². The third kappa shape index (κ3) is 2.89. The largest absolute Gasteiger partial charge is 0.417 e. The molecule has 1 saturated heterocycles. The fourth-order valence-electron chi connectivity index (χ4n) is 4.28. The molecule has 1 aliphatic heterocycles. The van der Waals surface area contributed by atoms with Crippen LogP contribution in [0.2, 0.25) is 0 Å². The summed E-state index contributed by atoms with van der Waals surface area (Å²) in [6, 6.07) is 11.3. The number of carbonyl (C=O) groups excluding carboxylic acids is 1. The van der Waals surface area contributed by atoms with Gasteiger partial charge in [0, 0.05) is 41.9 Å². The number of rotatable bonds is 3. The second-order valence-electron chi connectivity index (χ2n) is 7.82. The minimum Gasteiger partial charge on any atom is -0.417 e. The van der Waals surface area contributed by atoms with Gasteiger partial charge < -0.3 is 13.9 Å². The molecule has 0 N–H and O–H groups in total. The highest BCUT2D eigenvalue weighted by Gasteiger charge is 2.34. The number of aromatic nitrogens is 4. The lowest BCUT2D eigenvalue weighted by atomic mass is 10.1. The van der Waals surface area contributed by atoms with Gasteiger partial charge in [0.05, 0.1) is 0 Å². The van der Waals surface area contributed by atoms with Crippen LogP contribution in [-0.2, 0) is 7.05 Å². The van der Waals surface area contributed by atoms with E-state index in [1.54, 1.807) is 6.20 Å². The molecule has 30 heavy (non-hydrogen) atoms. The number of benzene rings is 1. The molecule has 0 spiro atoms. The van der Waals surface area contributed by atoms with Gasteiger partial charge in [-0.2, -0.15) is 0 Å². The highest BCUT2D eigenvalue weighted by molar-refractivity contribution is 5.99. The lowest BCUT2D eigenvalue weighted by Gasteiger charge is -2.22. The number of aryl methyl sites for hydroxylation is 2. The van der Waals surface area contributed by atoms with Gasteiger partial charge in [0.1, 0.15) is 11.7 Å². The van der Waals surface area contributed by atoms with Crippen molar-refractivity contribution in [1.29, 1.82) is 0 Å². The van der Waals surface area contributed by atoms with Crippen LogP contribution < -0.4 is 0 Å². The molecule has 1 aliphatic rings. The quantitative estimate of drug-likeness (QED) is 0.514. The summed E-state index contributed by atoms with van der Waals surface area (Å²) >= 11 is 0. The van der Waals surface area contributed by atoms with E-state index < -0.39 is 0 Å². The van der Waals surface area contributed by atoms with Gasteiger partial charge in [0.15, 0.2) is 0 Å². The predicted octanol–water partition coefficient (Wildman–Crippen LogP) is 4.22. The Hall–Kier alpha value is -3.48. The fourth-order valence-corrected chi connectivity index (χ4v) is 4.28. The summed E-state index contributed by atoms with van der Waals surface area (Å²) in [5.74, 6) is 0.842. The fraction of sp³-hybridized carbons (Fsp3) is 0.304. The summed E-state index contributed by atoms with van der Waals surface area (Å²) in [5.41, 5.74) is 4.87. The van der Waals surface area contributed by atoms with E-state index in [4.69, 9.17) is 4.42 Å². The first-order chi connectivity index (χ1) is 14.5. The van der Waals surface area contributed by atoms with Gasteiger partial charge in [0.2, 0.25) is 5.89 Å². The summed E-state index contributed by atoms with van der Waals surface area (Å²) in [7, 11) is 2.05. The predicted molar refractivity (Wildman–Crippen MR) is 113 cm³/mol. The molecule has 152 valence electrons. The number of amides is 1. The molecule has 7 nitrogen and oxygen atoms in total. The van der Waals surface area contributed by atoms with E-state index in [0.29, 0.717) is 29.6 Å². The van der Waals surface area contributed by atoms with Crippen molar-refractivity contribution < 1.29 is 9.21 Å². The molecule has 0 aliphatic carbocycles. The Kier molecular flexibility index (Phi) is 4.38. The Morgan fingerprint density at radius 3 is 2.83 bits per heavy atom. The van der Waals surface area contributed by atoms with Gasteiger partial charge in [-0.05, 0) is 62.6 Å². The monoisotopic (exact) mass is 401 g/mol. The minimum absolute atomic E-state index is 0.00195. The maximum Gasteiger partial charge on any atom is 0.266 e. The molecule has 3 aromatic heterocycles. The van der Waals surface area contributed by atoms with E-state index >= 15 is 0 Å². The SMILES string of the molecule is Cc1c(C)n(C)c2ccc(C(=O)N3CCCC3c3nnc(-c4ccccn4)o3)cc12. The molecule has 1 aromatic carbocycles. The van der Waals surface area contributed by atoms with Gasteiger partial charge in [-0.3, -0.25) is 9.78 Å². The third-order valence-electron chi connectivity index (χ3n) is 6.18. The van der Waals surface area contributed by atoms with E-state index in [-0.39, 0.29) is 11.9 Å². The second-order valence-corrected chi connectivity index (χ2v) is 7.82. The number of likely N-dealkylation sites (tertiary alicyclic amines) is 1. The Balaban J connectivity index is 1.45. The normalized spacial score (nSPS) is 16.5. The van der Waals surface area contributed by atoms with Crippen LogP contribution in [0.4, 0.5) is 0 Å². The summed E-state index contributed by atoms with van der Waals surface area (Å²) in [4.78, 5) is 19.5. The maximum absolute atomic E-state index is 13.4. The zero-order chi connectivity index (χ0) is 20.8. The van der Waals surface area contributed by atoms with Crippen LogP contribution in [0.15, 0.2) is 47.0 Å². The molecule has 5 rings (SSSR count). The molecular weight excluding hydrogens is 378 g/mol. The van der Waals surface area contributed by atoms with Crippen molar-refractivity contribution >= 4 is 16.8 Å². The molecule has 1 amide bonds. The summed E-state index contributed by atoms with van der Waals surface area (Å²) < 4.78 is 8.06. The summed E-state index contributed by atoms with van der Waals surface area (Å²) in [5, 5.41) is 9.49. The number of fused-ring (bicyclic) bond motifs is 1. The zero-order valence-electron chi connectivity index (χ0n) is 17.3. The molecular formula is C23H23N5O2. The van der Waals surface area contributed by atoms with E-state index in [2.05, 4.69) is 40.6 Å². The van der Waals surface area contributed by atoms with Crippen LogP contribution in [0, 0.1) is 13.8 Å². The molecule has 4 heterocycles. The van der Waals surface area contributed by atoms with Crippen molar-refractivity contribution in [1.82, 2.24) is 24.6 Å². The molecule has 1 fully saturated rings. The number of hydrogen-bond acceptors (Lipinski definition) is 5. The number of carbonyl (C=O) groups is 1. The Bertz CT molecular complexity index is 1240. The van der Waals surface area contributed by atoms with Crippen LogP contribution in [0.5, 0.6) is 0 Å². The first-order valence-electron chi connectivity index (χ1n) is 10.2. The third-order valence-corrected chi connectivity index (χ3v) is 6.18. The highest BCUT2D eigenvalue weighted by atomic mass is 16.4. The van der Waals surface area contributed by atoms with Crippen molar-refractivity contribution in [2.45, 2.75) is 32.7 Å². The van der Waals surface area contributed by atoms with Crippen molar-refractivity contribution in [2.24, 2.45) is 7.05 Å². The summed E-state index contributed by atoms with van der Waals surface area (Å²) in [6.07, 6.45) is 3.40. The lowest BCUT2D eigenvalue weighted by molar-refractivity contribution is 0.0716. The summed E-state index contributed by atoms with van der Waals surface area (Å²) in [6.45, 7) is 4.87. The molecule has 0 radical (unpaired) electrons. The lowest BCUT2D eigenvalue weighted by Crippen LogP contribution is -2.30. The van der Waals surface area contributed by atoms with Crippen molar-refractivity contribution in [2.75, 3.05) is 6.54 Å². The average molecular weight is 401 g/mol. The van der Waals surface area contributed by atoms with Gasteiger partial charge in [-0.25, -0.2) is 0 Å². The molecule has 7 heteroatoms. The van der Waals surface area contributed by atoms with Crippen molar-refractivity contribution in [3.8, 4) is 11.6 Å². The highest BCUT2D eigenvalue weighted by Crippen LogP contribution is 2.34. The zero-order valence-corrected chi connectivity index (χ0v) is 17.3. The van der Waals surface area contributed by atoms with E-state index in [1.807, 2.05) is 41.3 Å². The standard InChI is InChI=1S/C23H23N5O2/c1-14-15(2)27(3)19-10-9-16(13-17(14)19)23(29)28-12-6-8-20(28)22-26-25-21(30-22)18-7-4-5-11-24-18/h4-5,7,9-11,13,20H,6,8,12H2,1-3H3. The Labute approximate surface area is 174 Å². The first kappa shape index (κ1) is 18.5. The smallest absolute Gasteiger partial charge is 0.266 e. The van der Waals surface area contributed by atoms with E-state index in [9.17, 15) is 4.79 Å². The number of nitrogens with zero attached hydrogens (tertiary/aromatic N) is 5. The molecule has 0 bridgehead atoms. The van der Waals surface area contributed by atoms with Crippen LogP contribution in [0.1, 0.15) is 46.4 Å². The van der Waals surface area contributed by atoms with E-state index in [0.717, 1.165) is 23.7 Å². The van der Waals surface area contributed by atoms with Crippen molar-refractivity contribution in [3.63, 3.8) is 0 Å². The molecule has 4 aromatic rings. The van der Waals surface area contributed by atoms with Gasteiger partial charge in [0.25, 0.3) is 11.8 Å². The van der Waals surface area contributed by atoms with Gasteiger partial charge >= 0.3 is 0 Å². The minimum atomic E-state index is -0.211. The Morgan fingerprint density at radius 2 is 2.03 bits per heavy atom. The van der Waals surface area contributed by atoms with Gasteiger partial charge in [-0.15, -0.1) is 10.2 Å². The van der Waals surface area contributed by atoms with Crippen LogP contribution >= 0.6 is 0 Å². The first-order valence-corrected chi connectivity index (χ1v) is 10.2. The maximum atomic E-state index is 13.4. The van der Waals surface area contributed by atoms with E-state index in [1.165, 1.54) is 11.3 Å². The molecule has 1 unspecified atom stereocenters. The van der Waals surface area contributed by atoms with Crippen LogP contribution in [-0.4, -0.2) is 37.1 Å². The molecule has 1 atom stereocenters.